The topological polar surface area (TPSA) is 46.2 Å². The standard InChI is InChI=1S/C5H9O.C2H4NO.Y/c1-5(2,3)4-6;1-3-2-4;/h1-3H3;1H3,(H,3,4);/q2*-1;. The van der Waals surface area contributed by atoms with Gasteiger partial charge in [-0.15, -0.1) is 5.41 Å². The van der Waals surface area contributed by atoms with Gasteiger partial charge in [0.05, 0.1) is 0 Å². The molecule has 1 N–H and O–H groups in total. The Balaban J connectivity index is -0.000000114. The number of carbonyl (C=O) groups excluding carboxylic acids is 2. The van der Waals surface area contributed by atoms with E-state index in [-0.39, 0.29) is 38.1 Å². The van der Waals surface area contributed by atoms with Gasteiger partial charge in [0.2, 0.25) is 0 Å². The van der Waals surface area contributed by atoms with E-state index >= 15 is 0 Å². The SMILES string of the molecule is CC(C)(C)[C-]=O.CN[C-]=O.[Y]. The molecule has 1 amide bonds. The average Bonchev–Trinajstić information content (AvgIpc) is 1.87. The van der Waals surface area contributed by atoms with Crippen molar-refractivity contribution >= 4 is 12.7 Å². The van der Waals surface area contributed by atoms with Crippen molar-refractivity contribution in [1.29, 1.82) is 0 Å². The Bertz CT molecular complexity index is 99.1. The second-order valence-electron chi connectivity index (χ2n) is 2.70. The number of rotatable bonds is 1. The fraction of sp³-hybridized carbons (Fsp3) is 0.714. The summed E-state index contributed by atoms with van der Waals surface area (Å²) >= 11 is 0. The minimum absolute atomic E-state index is 0. The quantitative estimate of drug-likeness (QED) is 0.525. The minimum atomic E-state index is -0.264. The van der Waals surface area contributed by atoms with Crippen LogP contribution in [0.3, 0.4) is 0 Å². The van der Waals surface area contributed by atoms with Gasteiger partial charge in [0.1, 0.15) is 0 Å². The van der Waals surface area contributed by atoms with Crippen LogP contribution in [0.5, 0.6) is 0 Å². The zero-order chi connectivity index (χ0) is 8.62. The van der Waals surface area contributed by atoms with Gasteiger partial charge in [-0.25, -0.2) is 0 Å². The van der Waals surface area contributed by atoms with Gasteiger partial charge >= 0.3 is 0 Å². The Kier molecular flexibility index (Phi) is 16.2. The molecule has 0 aromatic carbocycles. The van der Waals surface area contributed by atoms with Crippen LogP contribution in [0, 0.1) is 5.41 Å². The van der Waals surface area contributed by atoms with Gasteiger partial charge in [-0.05, 0) is 7.05 Å². The van der Waals surface area contributed by atoms with Crippen molar-refractivity contribution in [3.05, 3.63) is 0 Å². The van der Waals surface area contributed by atoms with Crippen molar-refractivity contribution in [3.8, 4) is 0 Å². The second kappa shape index (κ2) is 10.2. The molecule has 0 unspecified atom stereocenters. The number of nitrogens with one attached hydrogen (secondary N) is 1. The van der Waals surface area contributed by atoms with E-state index in [0.717, 1.165) is 0 Å². The van der Waals surface area contributed by atoms with Crippen LogP contribution in [0.15, 0.2) is 0 Å². The number of hydrogen-bond acceptors (Lipinski definition) is 2. The summed E-state index contributed by atoms with van der Waals surface area (Å²) in [7, 11) is 1.51. The summed E-state index contributed by atoms with van der Waals surface area (Å²) < 4.78 is 0. The van der Waals surface area contributed by atoms with Crippen molar-refractivity contribution in [2.24, 2.45) is 5.41 Å². The van der Waals surface area contributed by atoms with E-state index in [4.69, 9.17) is 4.79 Å². The molecule has 0 bridgehead atoms. The molecule has 0 aromatic rings. The van der Waals surface area contributed by atoms with E-state index in [0.29, 0.717) is 0 Å². The molecule has 0 aliphatic carbocycles. The van der Waals surface area contributed by atoms with Crippen LogP contribution in [0.2, 0.25) is 0 Å². The summed E-state index contributed by atoms with van der Waals surface area (Å²) in [5.74, 6) is 0. The third-order valence-corrected chi connectivity index (χ3v) is 0.408. The Morgan fingerprint density at radius 1 is 1.18 bits per heavy atom. The summed E-state index contributed by atoms with van der Waals surface area (Å²) in [6, 6.07) is 0. The Hall–Kier alpha value is 0.244. The monoisotopic (exact) mass is 232 g/mol. The molecule has 0 fully saturated rings. The first-order chi connectivity index (χ1) is 4.47. The minimum Gasteiger partial charge on any atom is -0.541 e. The van der Waals surface area contributed by atoms with Crippen LogP contribution in [-0.2, 0) is 42.3 Å². The van der Waals surface area contributed by atoms with Gasteiger partial charge < -0.3 is 14.9 Å². The Morgan fingerprint density at radius 3 is 1.36 bits per heavy atom. The van der Waals surface area contributed by atoms with E-state index in [1.54, 1.807) is 0 Å². The van der Waals surface area contributed by atoms with Crippen molar-refractivity contribution < 1.29 is 42.3 Å². The Morgan fingerprint density at radius 2 is 1.36 bits per heavy atom. The van der Waals surface area contributed by atoms with Crippen molar-refractivity contribution in [2.75, 3.05) is 7.05 Å². The average molecular weight is 232 g/mol. The summed E-state index contributed by atoms with van der Waals surface area (Å²) in [4.78, 5) is 18.6. The van der Waals surface area contributed by atoms with Gasteiger partial charge in [-0.3, -0.25) is 6.29 Å². The van der Waals surface area contributed by atoms with Gasteiger partial charge in [-0.2, -0.15) is 6.41 Å². The third kappa shape index (κ3) is 38.7. The first kappa shape index (κ1) is 17.4. The normalized spacial score (nSPS) is 8.00. The van der Waals surface area contributed by atoms with Crippen LogP contribution in [0.4, 0.5) is 0 Å². The molecule has 0 spiro atoms. The zero-order valence-corrected chi connectivity index (χ0v) is 10.2. The molecule has 0 saturated carbocycles. The van der Waals surface area contributed by atoms with Crippen LogP contribution < -0.4 is 5.32 Å². The number of hydrogen-bond donors (Lipinski definition) is 1. The molecule has 0 heterocycles. The van der Waals surface area contributed by atoms with Crippen molar-refractivity contribution in [2.45, 2.75) is 20.8 Å². The van der Waals surface area contributed by atoms with Crippen molar-refractivity contribution in [3.63, 3.8) is 0 Å². The van der Waals surface area contributed by atoms with Crippen LogP contribution in [-0.4, -0.2) is 19.7 Å². The maximum absolute atomic E-state index is 9.70. The van der Waals surface area contributed by atoms with Crippen molar-refractivity contribution in [1.82, 2.24) is 5.32 Å². The predicted molar refractivity (Wildman–Crippen MR) is 39.9 cm³/mol. The molecule has 0 aliphatic heterocycles. The molecule has 0 aromatic heterocycles. The van der Waals surface area contributed by atoms with E-state index < -0.39 is 0 Å². The van der Waals surface area contributed by atoms with E-state index in [2.05, 4.69) is 5.32 Å². The molecule has 1 radical (unpaired) electrons. The van der Waals surface area contributed by atoms with Crippen LogP contribution in [0.25, 0.3) is 0 Å². The molecule has 11 heavy (non-hydrogen) atoms. The molecule has 0 aliphatic rings. The van der Waals surface area contributed by atoms with Gasteiger partial charge in [-0.1, -0.05) is 20.8 Å². The third-order valence-electron chi connectivity index (χ3n) is 0.408. The summed E-state index contributed by atoms with van der Waals surface area (Å²) in [5, 5.41) is 2.12. The first-order valence-corrected chi connectivity index (χ1v) is 2.91. The molecule has 0 saturated heterocycles. The maximum atomic E-state index is 9.70. The fourth-order valence-corrected chi connectivity index (χ4v) is 0. The summed E-state index contributed by atoms with van der Waals surface area (Å²) in [6.45, 7) is 5.46. The molecule has 0 rings (SSSR count). The van der Waals surface area contributed by atoms with Gasteiger partial charge in [0, 0.05) is 32.7 Å². The number of amides is 1. The summed E-state index contributed by atoms with van der Waals surface area (Å²) in [6.07, 6.45) is 3.28. The second-order valence-corrected chi connectivity index (χ2v) is 2.70. The predicted octanol–water partition coefficient (Wildman–Crippen LogP) is 0.413. The fourth-order valence-electron chi connectivity index (χ4n) is 0. The van der Waals surface area contributed by atoms with Gasteiger partial charge in [0.25, 0.3) is 0 Å². The summed E-state index contributed by atoms with van der Waals surface area (Å²) in [5.41, 5.74) is -0.264. The smallest absolute Gasteiger partial charge is 0 e. The maximum Gasteiger partial charge on any atom is 0 e. The van der Waals surface area contributed by atoms with Crippen LogP contribution >= 0.6 is 0 Å². The Labute approximate surface area is 93.2 Å². The molecular formula is C7H13NO2Y-2. The molecule has 0 atom stereocenters. The zero-order valence-electron chi connectivity index (χ0n) is 7.39. The van der Waals surface area contributed by atoms with E-state index in [1.807, 2.05) is 27.1 Å². The largest absolute Gasteiger partial charge is 0.541 e. The molecule has 3 nitrogen and oxygen atoms in total. The van der Waals surface area contributed by atoms with Crippen LogP contribution in [0.1, 0.15) is 20.8 Å². The van der Waals surface area contributed by atoms with Gasteiger partial charge in [0.15, 0.2) is 0 Å². The molecule has 63 valence electrons. The molecular weight excluding hydrogens is 219 g/mol. The first-order valence-electron chi connectivity index (χ1n) is 2.91. The molecule has 4 heteroatoms. The van der Waals surface area contributed by atoms with E-state index in [1.165, 1.54) is 13.5 Å². The van der Waals surface area contributed by atoms with E-state index in [9.17, 15) is 4.79 Å².